The molecule has 0 spiro atoms. The minimum Gasteiger partial charge on any atom is -0.481 e. The smallest absolute Gasteiger partial charge is 0.307 e. The Morgan fingerprint density at radius 3 is 2.78 bits per heavy atom. The molecule has 1 aliphatic carbocycles. The largest absolute Gasteiger partial charge is 0.481 e. The number of rotatable bonds is 4. The fourth-order valence-corrected chi connectivity index (χ4v) is 2.13. The van der Waals surface area contributed by atoms with Crippen LogP contribution in [0, 0.1) is 11.8 Å². The standard InChI is InChI=1S/C11H14N4O3/c16-10(7-3-8(7)11(17)18)14-9-1-2-13-15(9)6-4-12-5-6/h1-2,6-8,12H,3-5H2,(H,14,16)(H,17,18)/t7-,8+/m1/s1. The average molecular weight is 250 g/mol. The van der Waals surface area contributed by atoms with Gasteiger partial charge in [0.25, 0.3) is 0 Å². The molecule has 2 fully saturated rings. The third-order valence-electron chi connectivity index (χ3n) is 3.47. The van der Waals surface area contributed by atoms with Crippen molar-refractivity contribution in [3.05, 3.63) is 12.3 Å². The highest BCUT2D eigenvalue weighted by Gasteiger charge is 2.48. The van der Waals surface area contributed by atoms with Crippen LogP contribution in [0.3, 0.4) is 0 Å². The Kier molecular flexibility index (Phi) is 2.55. The van der Waals surface area contributed by atoms with E-state index in [2.05, 4.69) is 15.7 Å². The number of aliphatic carboxylic acids is 1. The lowest BCUT2D eigenvalue weighted by molar-refractivity contribution is -0.139. The van der Waals surface area contributed by atoms with Crippen molar-refractivity contribution in [1.82, 2.24) is 15.1 Å². The van der Waals surface area contributed by atoms with Crippen LogP contribution in [0.4, 0.5) is 5.82 Å². The first kappa shape index (κ1) is 11.2. The van der Waals surface area contributed by atoms with E-state index in [4.69, 9.17) is 5.11 Å². The lowest BCUT2D eigenvalue weighted by Crippen LogP contribution is -2.44. The zero-order valence-corrected chi connectivity index (χ0v) is 9.67. The maximum absolute atomic E-state index is 11.8. The Morgan fingerprint density at radius 2 is 2.22 bits per heavy atom. The molecule has 2 heterocycles. The lowest BCUT2D eigenvalue weighted by Gasteiger charge is -2.28. The van der Waals surface area contributed by atoms with Gasteiger partial charge in [0.1, 0.15) is 5.82 Å². The van der Waals surface area contributed by atoms with Gasteiger partial charge in [0.2, 0.25) is 5.91 Å². The number of amides is 1. The quantitative estimate of drug-likeness (QED) is 0.681. The lowest BCUT2D eigenvalue weighted by atomic mass is 10.2. The van der Waals surface area contributed by atoms with Gasteiger partial charge in [-0.1, -0.05) is 0 Å². The summed E-state index contributed by atoms with van der Waals surface area (Å²) in [4.78, 5) is 22.5. The number of nitrogens with zero attached hydrogens (tertiary/aromatic N) is 2. The van der Waals surface area contributed by atoms with Crippen LogP contribution >= 0.6 is 0 Å². The third kappa shape index (κ3) is 1.86. The summed E-state index contributed by atoms with van der Waals surface area (Å²) in [6.07, 6.45) is 2.07. The fourth-order valence-electron chi connectivity index (χ4n) is 2.13. The van der Waals surface area contributed by atoms with Crippen molar-refractivity contribution in [2.45, 2.75) is 12.5 Å². The first-order chi connectivity index (χ1) is 8.66. The second kappa shape index (κ2) is 4.09. The molecule has 0 bridgehead atoms. The van der Waals surface area contributed by atoms with Crippen LogP contribution in [0.25, 0.3) is 0 Å². The maximum Gasteiger partial charge on any atom is 0.307 e. The molecule has 7 nitrogen and oxygen atoms in total. The number of hydrogen-bond acceptors (Lipinski definition) is 4. The average Bonchev–Trinajstić information content (AvgIpc) is 2.95. The summed E-state index contributed by atoms with van der Waals surface area (Å²) in [5, 5.41) is 18.8. The Labute approximate surface area is 103 Å². The van der Waals surface area contributed by atoms with Gasteiger partial charge >= 0.3 is 5.97 Å². The van der Waals surface area contributed by atoms with E-state index in [1.54, 1.807) is 16.9 Å². The minimum atomic E-state index is -0.896. The van der Waals surface area contributed by atoms with Crippen LogP contribution in [-0.4, -0.2) is 39.9 Å². The van der Waals surface area contributed by atoms with E-state index >= 15 is 0 Å². The zero-order chi connectivity index (χ0) is 12.7. The second-order valence-electron chi connectivity index (χ2n) is 4.75. The first-order valence-electron chi connectivity index (χ1n) is 5.94. The SMILES string of the molecule is O=C(O)[C@H]1C[C@H]1C(=O)Nc1ccnn1C1CNC1. The molecule has 3 N–H and O–H groups in total. The Morgan fingerprint density at radius 1 is 1.44 bits per heavy atom. The minimum absolute atomic E-state index is 0.226. The third-order valence-corrected chi connectivity index (χ3v) is 3.47. The molecular weight excluding hydrogens is 236 g/mol. The van der Waals surface area contributed by atoms with E-state index in [0.717, 1.165) is 13.1 Å². The molecule has 1 amide bonds. The van der Waals surface area contributed by atoms with Gasteiger partial charge in [-0.05, 0) is 6.42 Å². The van der Waals surface area contributed by atoms with Crippen LogP contribution in [0.5, 0.6) is 0 Å². The van der Waals surface area contributed by atoms with Crippen LogP contribution in [0.1, 0.15) is 12.5 Å². The number of anilines is 1. The molecule has 1 saturated heterocycles. The number of nitrogens with one attached hydrogen (secondary N) is 2. The summed E-state index contributed by atoms with van der Waals surface area (Å²) in [6.45, 7) is 1.68. The summed E-state index contributed by atoms with van der Waals surface area (Å²) in [5.74, 6) is -1.40. The van der Waals surface area contributed by atoms with Gasteiger partial charge in [-0.3, -0.25) is 9.59 Å². The highest BCUT2D eigenvalue weighted by atomic mass is 16.4. The van der Waals surface area contributed by atoms with Crippen molar-refractivity contribution in [3.63, 3.8) is 0 Å². The van der Waals surface area contributed by atoms with Crippen molar-refractivity contribution >= 4 is 17.7 Å². The number of aromatic nitrogens is 2. The monoisotopic (exact) mass is 250 g/mol. The van der Waals surface area contributed by atoms with E-state index in [9.17, 15) is 9.59 Å². The van der Waals surface area contributed by atoms with Crippen LogP contribution in [0.15, 0.2) is 12.3 Å². The van der Waals surface area contributed by atoms with E-state index in [1.807, 2.05) is 0 Å². The summed E-state index contributed by atoms with van der Waals surface area (Å²) in [5.41, 5.74) is 0. The molecule has 1 aliphatic heterocycles. The molecule has 7 heteroatoms. The number of carboxylic acids is 1. The topological polar surface area (TPSA) is 96.2 Å². The molecule has 0 radical (unpaired) electrons. The van der Waals surface area contributed by atoms with Gasteiger partial charge in [-0.25, -0.2) is 4.68 Å². The van der Waals surface area contributed by atoms with Crippen molar-refractivity contribution < 1.29 is 14.7 Å². The van der Waals surface area contributed by atoms with Crippen molar-refractivity contribution in [3.8, 4) is 0 Å². The molecule has 2 aliphatic rings. The number of carboxylic acid groups (broad SMARTS) is 1. The van der Waals surface area contributed by atoms with Crippen LogP contribution < -0.4 is 10.6 Å². The predicted molar refractivity (Wildman–Crippen MR) is 62.0 cm³/mol. The first-order valence-corrected chi connectivity index (χ1v) is 5.94. The van der Waals surface area contributed by atoms with Gasteiger partial charge in [0, 0.05) is 19.2 Å². The molecule has 96 valence electrons. The Balaban J connectivity index is 1.64. The highest BCUT2D eigenvalue weighted by molar-refractivity contribution is 5.97. The van der Waals surface area contributed by atoms with E-state index in [1.165, 1.54) is 0 Å². The zero-order valence-electron chi connectivity index (χ0n) is 9.67. The summed E-state index contributed by atoms with van der Waals surface area (Å²) in [7, 11) is 0. The van der Waals surface area contributed by atoms with Crippen LogP contribution in [-0.2, 0) is 9.59 Å². The molecule has 3 rings (SSSR count). The van der Waals surface area contributed by atoms with Crippen molar-refractivity contribution in [1.29, 1.82) is 0 Å². The maximum atomic E-state index is 11.8. The highest BCUT2D eigenvalue weighted by Crippen LogP contribution is 2.39. The second-order valence-corrected chi connectivity index (χ2v) is 4.75. The predicted octanol–water partition coefficient (Wildman–Crippen LogP) is -0.313. The number of hydrogen-bond donors (Lipinski definition) is 3. The molecule has 0 unspecified atom stereocenters. The van der Waals surface area contributed by atoms with Crippen molar-refractivity contribution in [2.24, 2.45) is 11.8 Å². The molecule has 1 saturated carbocycles. The molecular formula is C11H14N4O3. The van der Waals surface area contributed by atoms with E-state index in [-0.39, 0.29) is 11.9 Å². The summed E-state index contributed by atoms with van der Waals surface area (Å²) < 4.78 is 1.77. The summed E-state index contributed by atoms with van der Waals surface area (Å²) >= 11 is 0. The van der Waals surface area contributed by atoms with Gasteiger partial charge in [0.05, 0.1) is 24.1 Å². The number of carbonyl (C=O) groups is 2. The Bertz CT molecular complexity index is 494. The number of carbonyl (C=O) groups excluding carboxylic acids is 1. The van der Waals surface area contributed by atoms with Gasteiger partial charge < -0.3 is 15.7 Å². The van der Waals surface area contributed by atoms with E-state index in [0.29, 0.717) is 12.2 Å². The Hall–Kier alpha value is -1.89. The van der Waals surface area contributed by atoms with E-state index < -0.39 is 17.8 Å². The van der Waals surface area contributed by atoms with Crippen LogP contribution in [0.2, 0.25) is 0 Å². The molecule has 0 aromatic carbocycles. The van der Waals surface area contributed by atoms with Gasteiger partial charge in [-0.2, -0.15) is 5.10 Å². The molecule has 1 aromatic rings. The van der Waals surface area contributed by atoms with Crippen molar-refractivity contribution in [2.75, 3.05) is 18.4 Å². The molecule has 2 atom stereocenters. The molecule has 18 heavy (non-hydrogen) atoms. The van der Waals surface area contributed by atoms with Gasteiger partial charge in [0.15, 0.2) is 0 Å². The summed E-state index contributed by atoms with van der Waals surface area (Å²) in [6, 6.07) is 2.00. The molecule has 1 aromatic heterocycles. The van der Waals surface area contributed by atoms with Gasteiger partial charge in [-0.15, -0.1) is 0 Å². The normalized spacial score (nSPS) is 26.4. The fraction of sp³-hybridized carbons (Fsp3) is 0.545.